The molecule has 4 aromatic rings. The Labute approximate surface area is 119 Å². The molecular weight excluding hydrogens is 264 g/mol. The minimum absolute atomic E-state index is 0.145. The summed E-state index contributed by atoms with van der Waals surface area (Å²) in [4.78, 5) is 23.4. The molecule has 1 aromatic carbocycles. The van der Waals surface area contributed by atoms with Crippen molar-refractivity contribution >= 4 is 21.8 Å². The van der Waals surface area contributed by atoms with Crippen molar-refractivity contribution in [3.8, 4) is 0 Å². The van der Waals surface area contributed by atoms with Crippen LogP contribution in [0.5, 0.6) is 0 Å². The Kier molecular flexibility index (Phi) is 2.57. The van der Waals surface area contributed by atoms with Crippen molar-refractivity contribution in [1.29, 1.82) is 0 Å². The van der Waals surface area contributed by atoms with Crippen molar-refractivity contribution in [2.75, 3.05) is 0 Å². The van der Waals surface area contributed by atoms with Crippen LogP contribution >= 0.6 is 0 Å². The summed E-state index contributed by atoms with van der Waals surface area (Å²) in [6, 6.07) is 11.8. The average Bonchev–Trinajstić information content (AvgIpc) is 2.83. The van der Waals surface area contributed by atoms with E-state index >= 15 is 0 Å². The third-order valence-corrected chi connectivity index (χ3v) is 3.59. The standard InChI is InChI=1S/C16H12N4O/c21-16-19-14-5-6-17-9-15(14)20(16)10-13-7-11-3-1-2-4-12(11)8-18-13/h1-9H,10H2,(H,19,21). The molecular formula is C16H12N4O. The highest BCUT2D eigenvalue weighted by Crippen LogP contribution is 2.15. The second kappa shape index (κ2) is 4.56. The molecule has 3 aromatic heterocycles. The molecule has 21 heavy (non-hydrogen) atoms. The summed E-state index contributed by atoms with van der Waals surface area (Å²) >= 11 is 0. The molecule has 0 bridgehead atoms. The summed E-state index contributed by atoms with van der Waals surface area (Å²) in [6.45, 7) is 0.426. The van der Waals surface area contributed by atoms with Crippen molar-refractivity contribution < 1.29 is 0 Å². The van der Waals surface area contributed by atoms with Crippen LogP contribution < -0.4 is 5.69 Å². The summed E-state index contributed by atoms with van der Waals surface area (Å²) in [5, 5.41) is 2.21. The van der Waals surface area contributed by atoms with E-state index in [0.717, 1.165) is 27.5 Å². The van der Waals surface area contributed by atoms with Gasteiger partial charge in [0, 0.05) is 17.8 Å². The number of pyridine rings is 2. The predicted octanol–water partition coefficient (Wildman–Crippen LogP) is 2.32. The van der Waals surface area contributed by atoms with Gasteiger partial charge >= 0.3 is 5.69 Å². The van der Waals surface area contributed by atoms with Gasteiger partial charge in [-0.05, 0) is 17.5 Å². The molecule has 5 nitrogen and oxygen atoms in total. The molecule has 3 heterocycles. The zero-order valence-corrected chi connectivity index (χ0v) is 11.2. The van der Waals surface area contributed by atoms with Crippen molar-refractivity contribution in [1.82, 2.24) is 19.5 Å². The van der Waals surface area contributed by atoms with Gasteiger partial charge in [-0.15, -0.1) is 0 Å². The highest BCUT2D eigenvalue weighted by Gasteiger charge is 2.08. The number of rotatable bonds is 2. The molecule has 0 unspecified atom stereocenters. The summed E-state index contributed by atoms with van der Waals surface area (Å²) in [6.07, 6.45) is 5.19. The molecule has 0 fully saturated rings. The van der Waals surface area contributed by atoms with E-state index in [1.807, 2.05) is 36.5 Å². The Morgan fingerprint density at radius 1 is 1.10 bits per heavy atom. The van der Waals surface area contributed by atoms with E-state index in [2.05, 4.69) is 15.0 Å². The number of nitrogens with one attached hydrogen (secondary N) is 1. The van der Waals surface area contributed by atoms with Crippen LogP contribution in [-0.4, -0.2) is 19.5 Å². The first-order valence-electron chi connectivity index (χ1n) is 6.67. The number of fused-ring (bicyclic) bond motifs is 2. The van der Waals surface area contributed by atoms with Crippen LogP contribution in [0.15, 0.2) is 59.8 Å². The Hall–Kier alpha value is -2.95. The van der Waals surface area contributed by atoms with E-state index < -0.39 is 0 Å². The summed E-state index contributed by atoms with van der Waals surface area (Å²) in [5.41, 5.74) is 2.28. The fourth-order valence-corrected chi connectivity index (χ4v) is 2.53. The second-order valence-corrected chi connectivity index (χ2v) is 4.93. The number of nitrogens with zero attached hydrogens (tertiary/aromatic N) is 3. The maximum atomic E-state index is 12.1. The minimum atomic E-state index is -0.145. The molecule has 0 spiro atoms. The van der Waals surface area contributed by atoms with Gasteiger partial charge in [0.25, 0.3) is 0 Å². The number of hydrogen-bond donors (Lipinski definition) is 1. The topological polar surface area (TPSA) is 63.6 Å². The van der Waals surface area contributed by atoms with E-state index in [1.54, 1.807) is 23.0 Å². The molecule has 0 aliphatic heterocycles. The van der Waals surface area contributed by atoms with Gasteiger partial charge < -0.3 is 4.98 Å². The minimum Gasteiger partial charge on any atom is -0.305 e. The van der Waals surface area contributed by atoms with Crippen molar-refractivity contribution in [2.45, 2.75) is 6.54 Å². The lowest BCUT2D eigenvalue weighted by molar-refractivity contribution is 0.765. The maximum Gasteiger partial charge on any atom is 0.326 e. The lowest BCUT2D eigenvalue weighted by Crippen LogP contribution is -2.17. The number of aromatic nitrogens is 4. The third kappa shape index (κ3) is 1.99. The lowest BCUT2D eigenvalue weighted by Gasteiger charge is -2.04. The molecule has 0 atom stereocenters. The highest BCUT2D eigenvalue weighted by atomic mass is 16.1. The van der Waals surface area contributed by atoms with Crippen molar-refractivity contribution in [2.24, 2.45) is 0 Å². The molecule has 0 amide bonds. The van der Waals surface area contributed by atoms with E-state index in [-0.39, 0.29) is 5.69 Å². The van der Waals surface area contributed by atoms with Gasteiger partial charge in [0.15, 0.2) is 0 Å². The number of hydrogen-bond acceptors (Lipinski definition) is 3. The summed E-state index contributed by atoms with van der Waals surface area (Å²) < 4.78 is 1.65. The fourth-order valence-electron chi connectivity index (χ4n) is 2.53. The van der Waals surface area contributed by atoms with Gasteiger partial charge in [-0.2, -0.15) is 0 Å². The Morgan fingerprint density at radius 3 is 2.86 bits per heavy atom. The van der Waals surface area contributed by atoms with Crippen LogP contribution in [0.1, 0.15) is 5.69 Å². The number of aromatic amines is 1. The first-order valence-corrected chi connectivity index (χ1v) is 6.67. The number of benzene rings is 1. The van der Waals surface area contributed by atoms with Gasteiger partial charge in [0.2, 0.25) is 0 Å². The largest absolute Gasteiger partial charge is 0.326 e. The average molecular weight is 276 g/mol. The van der Waals surface area contributed by atoms with Gasteiger partial charge in [0.1, 0.15) is 0 Å². The van der Waals surface area contributed by atoms with E-state index in [0.29, 0.717) is 6.54 Å². The molecule has 102 valence electrons. The maximum absolute atomic E-state index is 12.1. The third-order valence-electron chi connectivity index (χ3n) is 3.59. The van der Waals surface area contributed by atoms with Crippen LogP contribution in [0.2, 0.25) is 0 Å². The monoisotopic (exact) mass is 276 g/mol. The smallest absolute Gasteiger partial charge is 0.305 e. The Morgan fingerprint density at radius 2 is 1.95 bits per heavy atom. The molecule has 0 radical (unpaired) electrons. The highest BCUT2D eigenvalue weighted by molar-refractivity contribution is 5.81. The van der Waals surface area contributed by atoms with Crippen molar-refractivity contribution in [3.05, 3.63) is 71.2 Å². The molecule has 1 N–H and O–H groups in total. The van der Waals surface area contributed by atoms with Crippen LogP contribution in [0, 0.1) is 0 Å². The lowest BCUT2D eigenvalue weighted by atomic mass is 10.1. The molecule has 0 aliphatic rings. The fraction of sp³-hybridized carbons (Fsp3) is 0.0625. The van der Waals surface area contributed by atoms with E-state index in [4.69, 9.17) is 0 Å². The van der Waals surface area contributed by atoms with E-state index in [1.165, 1.54) is 0 Å². The van der Waals surface area contributed by atoms with Gasteiger partial charge in [-0.3, -0.25) is 14.5 Å². The van der Waals surface area contributed by atoms with Gasteiger partial charge in [-0.25, -0.2) is 4.79 Å². The summed E-state index contributed by atoms with van der Waals surface area (Å²) in [5.74, 6) is 0. The van der Waals surface area contributed by atoms with Gasteiger partial charge in [-0.1, -0.05) is 24.3 Å². The molecule has 0 saturated heterocycles. The molecule has 0 saturated carbocycles. The molecule has 0 aliphatic carbocycles. The van der Waals surface area contributed by atoms with Crippen molar-refractivity contribution in [3.63, 3.8) is 0 Å². The first kappa shape index (κ1) is 11.8. The molecule has 4 rings (SSSR count). The summed E-state index contributed by atoms with van der Waals surface area (Å²) in [7, 11) is 0. The number of imidazole rings is 1. The molecule has 5 heteroatoms. The van der Waals surface area contributed by atoms with Crippen LogP contribution in [-0.2, 0) is 6.54 Å². The zero-order chi connectivity index (χ0) is 14.2. The SMILES string of the molecule is O=c1[nH]c2ccncc2n1Cc1cc2ccccc2cn1. The second-order valence-electron chi connectivity index (χ2n) is 4.93. The van der Waals surface area contributed by atoms with Crippen LogP contribution in [0.3, 0.4) is 0 Å². The Balaban J connectivity index is 1.82. The normalized spacial score (nSPS) is 11.2. The van der Waals surface area contributed by atoms with E-state index in [9.17, 15) is 4.79 Å². The van der Waals surface area contributed by atoms with Crippen LogP contribution in [0.4, 0.5) is 0 Å². The zero-order valence-electron chi connectivity index (χ0n) is 11.2. The quantitative estimate of drug-likeness (QED) is 0.611. The number of H-pyrrole nitrogens is 1. The van der Waals surface area contributed by atoms with Gasteiger partial charge in [0.05, 0.1) is 29.5 Å². The predicted molar refractivity (Wildman–Crippen MR) is 81.2 cm³/mol. The Bertz CT molecular complexity index is 1000. The first-order chi connectivity index (χ1) is 10.3. The van der Waals surface area contributed by atoms with Crippen LogP contribution in [0.25, 0.3) is 21.8 Å².